The van der Waals surface area contributed by atoms with Crippen molar-refractivity contribution >= 4 is 22.7 Å². The Morgan fingerprint density at radius 2 is 1.45 bits per heavy atom. The van der Waals surface area contributed by atoms with E-state index in [4.69, 9.17) is 4.74 Å². The quantitative estimate of drug-likeness (QED) is 0.373. The number of carbonyl (C=O) groups is 2. The maximum Gasteiger partial charge on any atom is 0.340 e. The van der Waals surface area contributed by atoms with Gasteiger partial charge in [0, 0.05) is 28.1 Å². The van der Waals surface area contributed by atoms with Crippen LogP contribution >= 0.6 is 0 Å². The Morgan fingerprint density at radius 3 is 2.13 bits per heavy atom. The topological polar surface area (TPSA) is 76.2 Å². The number of para-hydroxylation sites is 1. The van der Waals surface area contributed by atoms with Gasteiger partial charge in [-0.05, 0) is 19.9 Å². The number of aromatic nitrogens is 1. The van der Waals surface area contributed by atoms with E-state index in [1.807, 2.05) is 38.1 Å². The van der Waals surface area contributed by atoms with Crippen LogP contribution in [0.4, 0.5) is 0 Å². The van der Waals surface area contributed by atoms with Gasteiger partial charge in [0.2, 0.25) is 11.3 Å². The summed E-state index contributed by atoms with van der Waals surface area (Å²) in [5.41, 5.74) is 3.29. The van der Waals surface area contributed by atoms with Crippen LogP contribution in [0.25, 0.3) is 10.9 Å². The molecule has 4 aromatic rings. The fourth-order valence-corrected chi connectivity index (χ4v) is 3.43. The molecule has 0 bridgehead atoms. The number of ketones is 1. The summed E-state index contributed by atoms with van der Waals surface area (Å²) in [4.78, 5) is 41.2. The number of carbonyl (C=O) groups excluding carboxylic acids is 2. The van der Waals surface area contributed by atoms with E-state index < -0.39 is 17.6 Å². The highest BCUT2D eigenvalue weighted by Crippen LogP contribution is 2.26. The molecule has 31 heavy (non-hydrogen) atoms. The second kappa shape index (κ2) is 8.40. The number of nitrogens with one attached hydrogen (secondary N) is 1. The first-order valence-electron chi connectivity index (χ1n) is 9.93. The molecule has 1 aromatic heterocycles. The zero-order chi connectivity index (χ0) is 22.0. The van der Waals surface area contributed by atoms with E-state index >= 15 is 0 Å². The van der Waals surface area contributed by atoms with Crippen molar-refractivity contribution in [2.24, 2.45) is 0 Å². The molecule has 0 amide bonds. The Hall–Kier alpha value is -3.99. The predicted octanol–water partition coefficient (Wildman–Crippen LogP) is 4.93. The first-order chi connectivity index (χ1) is 14.9. The first kappa shape index (κ1) is 20.3. The Morgan fingerprint density at radius 1 is 0.839 bits per heavy atom. The van der Waals surface area contributed by atoms with Crippen LogP contribution in [0.15, 0.2) is 83.7 Å². The molecule has 154 valence electrons. The van der Waals surface area contributed by atoms with Gasteiger partial charge in [0.25, 0.3) is 0 Å². The van der Waals surface area contributed by atoms with Crippen molar-refractivity contribution < 1.29 is 14.3 Å². The molecule has 1 heterocycles. The monoisotopic (exact) mass is 411 g/mol. The second-order valence-corrected chi connectivity index (χ2v) is 7.52. The number of pyridine rings is 1. The van der Waals surface area contributed by atoms with Crippen LogP contribution in [-0.4, -0.2) is 16.7 Å². The number of rotatable bonds is 5. The summed E-state index contributed by atoms with van der Waals surface area (Å²) in [7, 11) is 0. The molecule has 0 saturated heterocycles. The smallest absolute Gasteiger partial charge is 0.340 e. The van der Waals surface area contributed by atoms with Crippen LogP contribution in [0.3, 0.4) is 0 Å². The van der Waals surface area contributed by atoms with E-state index in [2.05, 4.69) is 4.98 Å². The number of H-pyrrole nitrogens is 1. The van der Waals surface area contributed by atoms with Crippen molar-refractivity contribution in [2.75, 3.05) is 0 Å². The Balaban J connectivity index is 1.75. The molecule has 0 spiro atoms. The highest BCUT2D eigenvalue weighted by molar-refractivity contribution is 6.06. The number of benzene rings is 3. The van der Waals surface area contributed by atoms with Gasteiger partial charge in [-0.1, -0.05) is 77.9 Å². The SMILES string of the molecule is Cc1ccc(C(=O)[C@@H](OC(=O)c2cc(=O)[nH]c3ccccc23)c2ccc(C)cc2)cc1. The molecular formula is C26H21NO4. The van der Waals surface area contributed by atoms with Crippen molar-refractivity contribution in [3.8, 4) is 0 Å². The third-order valence-corrected chi connectivity index (χ3v) is 5.15. The Kier molecular flexibility index (Phi) is 5.50. The fourth-order valence-electron chi connectivity index (χ4n) is 3.43. The molecule has 0 saturated carbocycles. The van der Waals surface area contributed by atoms with Crippen LogP contribution in [0, 0.1) is 13.8 Å². The third kappa shape index (κ3) is 4.31. The van der Waals surface area contributed by atoms with Gasteiger partial charge in [-0.25, -0.2) is 4.79 Å². The Bertz CT molecular complexity index is 1320. The average Bonchev–Trinajstić information content (AvgIpc) is 2.77. The van der Waals surface area contributed by atoms with Gasteiger partial charge < -0.3 is 9.72 Å². The van der Waals surface area contributed by atoms with Gasteiger partial charge in [0.1, 0.15) is 0 Å². The minimum Gasteiger partial charge on any atom is -0.445 e. The second-order valence-electron chi connectivity index (χ2n) is 7.52. The maximum absolute atomic E-state index is 13.3. The van der Waals surface area contributed by atoms with Crippen LogP contribution in [0.5, 0.6) is 0 Å². The van der Waals surface area contributed by atoms with E-state index in [9.17, 15) is 14.4 Å². The van der Waals surface area contributed by atoms with Crippen molar-refractivity contribution in [1.29, 1.82) is 0 Å². The van der Waals surface area contributed by atoms with Gasteiger partial charge in [0.15, 0.2) is 6.10 Å². The summed E-state index contributed by atoms with van der Waals surface area (Å²) in [6.07, 6.45) is -1.13. The van der Waals surface area contributed by atoms with E-state index in [0.29, 0.717) is 22.0 Å². The van der Waals surface area contributed by atoms with Crippen molar-refractivity contribution in [3.05, 3.63) is 117 Å². The summed E-state index contributed by atoms with van der Waals surface area (Å²) in [6.45, 7) is 3.87. The number of hydrogen-bond acceptors (Lipinski definition) is 4. The molecule has 0 unspecified atom stereocenters. The largest absolute Gasteiger partial charge is 0.445 e. The van der Waals surface area contributed by atoms with Crippen LogP contribution in [0.2, 0.25) is 0 Å². The highest BCUT2D eigenvalue weighted by atomic mass is 16.5. The molecule has 0 aliphatic rings. The number of aromatic amines is 1. The number of esters is 1. The molecule has 4 rings (SSSR count). The summed E-state index contributed by atoms with van der Waals surface area (Å²) in [6, 6.07) is 22.6. The van der Waals surface area contributed by atoms with Gasteiger partial charge in [-0.3, -0.25) is 9.59 Å². The van der Waals surface area contributed by atoms with Crippen LogP contribution in [0.1, 0.15) is 43.5 Å². The summed E-state index contributed by atoms with van der Waals surface area (Å²) in [5.74, 6) is -1.06. The maximum atomic E-state index is 13.3. The van der Waals surface area contributed by atoms with Crippen LogP contribution < -0.4 is 5.56 Å². The predicted molar refractivity (Wildman–Crippen MR) is 119 cm³/mol. The summed E-state index contributed by atoms with van der Waals surface area (Å²) >= 11 is 0. The molecule has 5 heteroatoms. The number of ether oxygens (including phenoxy) is 1. The molecule has 1 atom stereocenters. The lowest BCUT2D eigenvalue weighted by atomic mass is 9.98. The van der Waals surface area contributed by atoms with E-state index in [1.165, 1.54) is 6.07 Å². The molecule has 0 fully saturated rings. The summed E-state index contributed by atoms with van der Waals surface area (Å²) < 4.78 is 5.73. The average molecular weight is 411 g/mol. The first-order valence-corrected chi connectivity index (χ1v) is 9.93. The van der Waals surface area contributed by atoms with Crippen molar-refractivity contribution in [3.63, 3.8) is 0 Å². The number of hydrogen-bond donors (Lipinski definition) is 1. The molecule has 0 radical (unpaired) electrons. The fraction of sp³-hybridized carbons (Fsp3) is 0.115. The van der Waals surface area contributed by atoms with Crippen molar-refractivity contribution in [2.45, 2.75) is 20.0 Å². The van der Waals surface area contributed by atoms with Gasteiger partial charge in [-0.2, -0.15) is 0 Å². The van der Waals surface area contributed by atoms with Gasteiger partial charge >= 0.3 is 5.97 Å². The Labute approximate surface area is 179 Å². The minimum atomic E-state index is -1.13. The zero-order valence-electron chi connectivity index (χ0n) is 17.2. The lowest BCUT2D eigenvalue weighted by molar-refractivity contribution is 0.0282. The van der Waals surface area contributed by atoms with E-state index in [0.717, 1.165) is 11.1 Å². The number of fused-ring (bicyclic) bond motifs is 1. The molecule has 1 N–H and O–H groups in total. The van der Waals surface area contributed by atoms with Crippen molar-refractivity contribution in [1.82, 2.24) is 4.98 Å². The van der Waals surface area contributed by atoms with E-state index in [-0.39, 0.29) is 11.3 Å². The lowest BCUT2D eigenvalue weighted by Crippen LogP contribution is -2.21. The number of aryl methyl sites for hydroxylation is 2. The standard InChI is InChI=1S/C26H21NO4/c1-16-7-11-18(12-8-16)24(29)25(19-13-9-17(2)10-14-19)31-26(30)21-15-23(28)27-22-6-4-3-5-20(21)22/h3-15,25H,1-2H3,(H,27,28)/t25-/m0/s1. The van der Waals surface area contributed by atoms with Gasteiger partial charge in [-0.15, -0.1) is 0 Å². The van der Waals surface area contributed by atoms with Gasteiger partial charge in [0.05, 0.1) is 5.56 Å². The van der Waals surface area contributed by atoms with E-state index in [1.54, 1.807) is 48.5 Å². The summed E-state index contributed by atoms with van der Waals surface area (Å²) in [5, 5.41) is 0.553. The molecule has 0 aliphatic heterocycles. The number of Topliss-reactive ketones (excluding diaryl/α,β-unsaturated/α-hetero) is 1. The molecule has 0 aliphatic carbocycles. The lowest BCUT2D eigenvalue weighted by Gasteiger charge is -2.18. The third-order valence-electron chi connectivity index (χ3n) is 5.15. The molecule has 3 aromatic carbocycles. The molecule has 5 nitrogen and oxygen atoms in total. The normalized spacial score (nSPS) is 11.8. The van der Waals surface area contributed by atoms with Crippen LogP contribution in [-0.2, 0) is 4.74 Å². The molecular weight excluding hydrogens is 390 g/mol. The highest BCUT2D eigenvalue weighted by Gasteiger charge is 2.27. The zero-order valence-corrected chi connectivity index (χ0v) is 17.2. The minimum absolute atomic E-state index is 0.119.